The van der Waals surface area contributed by atoms with Gasteiger partial charge in [0.1, 0.15) is 5.82 Å². The summed E-state index contributed by atoms with van der Waals surface area (Å²) in [5.41, 5.74) is 1.05. The van der Waals surface area contributed by atoms with E-state index in [4.69, 9.17) is 5.11 Å². The lowest BCUT2D eigenvalue weighted by molar-refractivity contribution is -0.130. The molecular weight excluding hydrogens is 233 g/mol. The summed E-state index contributed by atoms with van der Waals surface area (Å²) in [6.07, 6.45) is 2.99. The van der Waals surface area contributed by atoms with E-state index < -0.39 is 5.97 Å². The summed E-state index contributed by atoms with van der Waals surface area (Å²) < 4.78 is 12.8. The van der Waals surface area contributed by atoms with Crippen LogP contribution in [-0.2, 0) is 4.79 Å². The molecular formula is C14H10FNO2. The predicted octanol–water partition coefficient (Wildman–Crippen LogP) is 2.85. The maximum atomic E-state index is 12.8. The molecule has 1 aromatic carbocycles. The van der Waals surface area contributed by atoms with Crippen LogP contribution >= 0.6 is 0 Å². The standard InChI is InChI=1S/C14H10FNO2/c15-11-6-4-10(5-7-11)9-12(14(17)18)13-3-1-2-8-16-13/h1-9H,(H,17,18)/b12-9-. The predicted molar refractivity (Wildman–Crippen MR) is 66.1 cm³/mol. The molecule has 1 aromatic heterocycles. The van der Waals surface area contributed by atoms with Crippen molar-refractivity contribution in [3.8, 4) is 0 Å². The van der Waals surface area contributed by atoms with Gasteiger partial charge in [-0.15, -0.1) is 0 Å². The third-order valence-corrected chi connectivity index (χ3v) is 2.35. The third-order valence-electron chi connectivity index (χ3n) is 2.35. The lowest BCUT2D eigenvalue weighted by atomic mass is 10.1. The van der Waals surface area contributed by atoms with Crippen molar-refractivity contribution in [1.29, 1.82) is 0 Å². The van der Waals surface area contributed by atoms with Gasteiger partial charge in [0.25, 0.3) is 0 Å². The minimum absolute atomic E-state index is 0.0715. The molecule has 2 aromatic rings. The van der Waals surface area contributed by atoms with E-state index in [9.17, 15) is 9.18 Å². The first kappa shape index (κ1) is 12.0. The second-order valence-electron chi connectivity index (χ2n) is 3.63. The Morgan fingerprint density at radius 1 is 1.17 bits per heavy atom. The van der Waals surface area contributed by atoms with Crippen LogP contribution in [-0.4, -0.2) is 16.1 Å². The summed E-state index contributed by atoms with van der Waals surface area (Å²) in [6.45, 7) is 0. The number of aromatic nitrogens is 1. The number of carboxylic acids is 1. The first-order valence-corrected chi connectivity index (χ1v) is 5.29. The SMILES string of the molecule is O=C(O)/C(=C\c1ccc(F)cc1)c1ccccn1. The molecule has 0 radical (unpaired) electrons. The normalized spacial score (nSPS) is 11.3. The zero-order valence-corrected chi connectivity index (χ0v) is 9.38. The van der Waals surface area contributed by atoms with Crippen molar-refractivity contribution in [2.45, 2.75) is 0 Å². The van der Waals surface area contributed by atoms with Gasteiger partial charge in [-0.1, -0.05) is 18.2 Å². The highest BCUT2D eigenvalue weighted by molar-refractivity contribution is 6.20. The van der Waals surface area contributed by atoms with Gasteiger partial charge in [-0.2, -0.15) is 0 Å². The van der Waals surface area contributed by atoms with Gasteiger partial charge >= 0.3 is 5.97 Å². The molecule has 0 fully saturated rings. The number of halogens is 1. The molecule has 0 aliphatic carbocycles. The van der Waals surface area contributed by atoms with Gasteiger partial charge in [0, 0.05) is 6.20 Å². The number of carboxylic acid groups (broad SMARTS) is 1. The minimum atomic E-state index is -1.07. The molecule has 0 saturated carbocycles. The van der Waals surface area contributed by atoms with Gasteiger partial charge in [-0.25, -0.2) is 9.18 Å². The molecule has 0 amide bonds. The van der Waals surface area contributed by atoms with Crippen LogP contribution in [0.25, 0.3) is 11.6 Å². The van der Waals surface area contributed by atoms with Gasteiger partial charge in [0.15, 0.2) is 0 Å². The highest BCUT2D eigenvalue weighted by Gasteiger charge is 2.11. The van der Waals surface area contributed by atoms with Gasteiger partial charge in [-0.05, 0) is 35.9 Å². The molecule has 0 bridgehead atoms. The number of hydrogen-bond acceptors (Lipinski definition) is 2. The highest BCUT2D eigenvalue weighted by Crippen LogP contribution is 2.16. The molecule has 2 rings (SSSR count). The summed E-state index contributed by atoms with van der Waals surface area (Å²) in [7, 11) is 0. The zero-order chi connectivity index (χ0) is 13.0. The van der Waals surface area contributed by atoms with Crippen molar-refractivity contribution in [2.24, 2.45) is 0 Å². The lowest BCUT2D eigenvalue weighted by Crippen LogP contribution is -2.01. The Morgan fingerprint density at radius 3 is 2.44 bits per heavy atom. The van der Waals surface area contributed by atoms with E-state index in [-0.39, 0.29) is 11.4 Å². The van der Waals surface area contributed by atoms with E-state index in [1.807, 2.05) is 0 Å². The smallest absolute Gasteiger partial charge is 0.337 e. The molecule has 18 heavy (non-hydrogen) atoms. The Hall–Kier alpha value is -2.49. The fraction of sp³-hybridized carbons (Fsp3) is 0. The van der Waals surface area contributed by atoms with Gasteiger partial charge < -0.3 is 5.11 Å². The van der Waals surface area contributed by atoms with E-state index in [0.717, 1.165) is 0 Å². The van der Waals surface area contributed by atoms with E-state index in [1.54, 1.807) is 18.2 Å². The summed E-state index contributed by atoms with van der Waals surface area (Å²) >= 11 is 0. The zero-order valence-electron chi connectivity index (χ0n) is 9.38. The summed E-state index contributed by atoms with van der Waals surface area (Å²) in [6, 6.07) is 10.6. The van der Waals surface area contributed by atoms with E-state index in [2.05, 4.69) is 4.98 Å². The quantitative estimate of drug-likeness (QED) is 0.843. The Balaban J connectivity index is 2.43. The monoisotopic (exact) mass is 243 g/mol. The Kier molecular flexibility index (Phi) is 3.48. The van der Waals surface area contributed by atoms with Crippen molar-refractivity contribution in [3.05, 3.63) is 65.7 Å². The maximum Gasteiger partial charge on any atom is 0.337 e. The Labute approximate surface area is 103 Å². The van der Waals surface area contributed by atoms with Gasteiger partial charge in [0.2, 0.25) is 0 Å². The summed E-state index contributed by atoms with van der Waals surface area (Å²) in [5, 5.41) is 9.16. The van der Waals surface area contributed by atoms with E-state index >= 15 is 0 Å². The number of pyridine rings is 1. The van der Waals surface area contributed by atoms with E-state index in [0.29, 0.717) is 11.3 Å². The topological polar surface area (TPSA) is 50.2 Å². The van der Waals surface area contributed by atoms with Crippen molar-refractivity contribution < 1.29 is 14.3 Å². The molecule has 4 heteroatoms. The van der Waals surface area contributed by atoms with E-state index in [1.165, 1.54) is 36.5 Å². The first-order chi connectivity index (χ1) is 8.66. The largest absolute Gasteiger partial charge is 0.478 e. The Bertz CT molecular complexity index is 577. The average molecular weight is 243 g/mol. The molecule has 1 N–H and O–H groups in total. The van der Waals surface area contributed by atoms with Crippen molar-refractivity contribution in [1.82, 2.24) is 4.98 Å². The van der Waals surface area contributed by atoms with Crippen molar-refractivity contribution in [2.75, 3.05) is 0 Å². The number of carbonyl (C=O) groups is 1. The molecule has 0 atom stereocenters. The van der Waals surface area contributed by atoms with Crippen LogP contribution in [0.4, 0.5) is 4.39 Å². The first-order valence-electron chi connectivity index (χ1n) is 5.29. The number of nitrogens with zero attached hydrogens (tertiary/aromatic N) is 1. The Morgan fingerprint density at radius 2 is 1.89 bits per heavy atom. The average Bonchev–Trinajstić information content (AvgIpc) is 2.38. The second kappa shape index (κ2) is 5.23. The molecule has 3 nitrogen and oxygen atoms in total. The minimum Gasteiger partial charge on any atom is -0.478 e. The van der Waals surface area contributed by atoms with Crippen LogP contribution in [0.2, 0.25) is 0 Å². The number of hydrogen-bond donors (Lipinski definition) is 1. The molecule has 0 aliphatic heterocycles. The maximum absolute atomic E-state index is 12.8. The molecule has 0 unspecified atom stereocenters. The number of benzene rings is 1. The fourth-order valence-corrected chi connectivity index (χ4v) is 1.49. The fourth-order valence-electron chi connectivity index (χ4n) is 1.49. The molecule has 90 valence electrons. The van der Waals surface area contributed by atoms with Gasteiger partial charge in [-0.3, -0.25) is 4.98 Å². The molecule has 1 heterocycles. The van der Waals surface area contributed by atoms with Crippen LogP contribution in [0, 0.1) is 5.82 Å². The van der Waals surface area contributed by atoms with Gasteiger partial charge in [0.05, 0.1) is 11.3 Å². The van der Waals surface area contributed by atoms with Crippen LogP contribution < -0.4 is 0 Å². The second-order valence-corrected chi connectivity index (χ2v) is 3.63. The lowest BCUT2D eigenvalue weighted by Gasteiger charge is -2.01. The van der Waals surface area contributed by atoms with Crippen LogP contribution in [0.1, 0.15) is 11.3 Å². The summed E-state index contributed by atoms with van der Waals surface area (Å²) in [5.74, 6) is -1.43. The molecule has 0 saturated heterocycles. The van der Waals surface area contributed by atoms with Crippen LogP contribution in [0.3, 0.4) is 0 Å². The highest BCUT2D eigenvalue weighted by atomic mass is 19.1. The molecule has 0 aliphatic rings. The number of aliphatic carboxylic acids is 1. The van der Waals surface area contributed by atoms with Crippen molar-refractivity contribution in [3.63, 3.8) is 0 Å². The van der Waals surface area contributed by atoms with Crippen LogP contribution in [0.5, 0.6) is 0 Å². The summed E-state index contributed by atoms with van der Waals surface area (Å²) in [4.78, 5) is 15.2. The molecule has 0 spiro atoms. The van der Waals surface area contributed by atoms with Crippen LogP contribution in [0.15, 0.2) is 48.7 Å². The number of rotatable bonds is 3. The third kappa shape index (κ3) is 2.79. The van der Waals surface area contributed by atoms with Crippen molar-refractivity contribution >= 4 is 17.6 Å².